The Morgan fingerprint density at radius 2 is 1.76 bits per heavy atom. The van der Waals surface area contributed by atoms with Gasteiger partial charge in [0.25, 0.3) is 5.91 Å². The number of imide groups is 1. The quantitative estimate of drug-likeness (QED) is 0.256. The second-order valence-electron chi connectivity index (χ2n) is 10.0. The van der Waals surface area contributed by atoms with E-state index in [4.69, 9.17) is 0 Å². The van der Waals surface area contributed by atoms with Gasteiger partial charge < -0.3 is 10.2 Å². The van der Waals surface area contributed by atoms with Gasteiger partial charge in [0, 0.05) is 23.4 Å². The number of nitrogens with one attached hydrogen (secondary N) is 2. The van der Waals surface area contributed by atoms with Gasteiger partial charge in [-0.15, -0.1) is 11.8 Å². The molecule has 7 heteroatoms. The summed E-state index contributed by atoms with van der Waals surface area (Å²) in [5.41, 5.74) is 1.74. The molecule has 0 radical (unpaired) electrons. The first-order chi connectivity index (χ1) is 16.6. The van der Waals surface area contributed by atoms with Crippen LogP contribution in [0.5, 0.6) is 0 Å². The first-order valence-electron chi connectivity index (χ1n) is 13.2. The van der Waals surface area contributed by atoms with Gasteiger partial charge in [0.05, 0.1) is 0 Å². The molecule has 1 aromatic carbocycles. The molecule has 0 aromatic heterocycles. The predicted octanol–water partition coefficient (Wildman–Crippen LogP) is 4.66. The van der Waals surface area contributed by atoms with Crippen molar-refractivity contribution in [1.82, 2.24) is 15.5 Å². The molecule has 0 spiro atoms. The van der Waals surface area contributed by atoms with E-state index in [1.54, 1.807) is 4.90 Å². The highest BCUT2D eigenvalue weighted by molar-refractivity contribution is 7.99. The summed E-state index contributed by atoms with van der Waals surface area (Å²) in [7, 11) is 0. The minimum atomic E-state index is -0.549. The van der Waals surface area contributed by atoms with Gasteiger partial charge in [0.1, 0.15) is 6.04 Å². The third-order valence-corrected chi connectivity index (χ3v) is 8.64. The maximum atomic E-state index is 12.9. The third kappa shape index (κ3) is 6.63. The highest BCUT2D eigenvalue weighted by Gasteiger charge is 2.39. The van der Waals surface area contributed by atoms with Crippen LogP contribution in [0.1, 0.15) is 93.0 Å². The lowest BCUT2D eigenvalue weighted by Gasteiger charge is -2.29. The Morgan fingerprint density at radius 3 is 2.59 bits per heavy atom. The van der Waals surface area contributed by atoms with E-state index >= 15 is 0 Å². The highest BCUT2D eigenvalue weighted by Crippen LogP contribution is 2.34. The lowest BCUT2D eigenvalue weighted by Crippen LogP contribution is -2.52. The molecule has 1 aliphatic carbocycles. The number of thioether (sulfide) groups is 1. The molecule has 34 heavy (non-hydrogen) atoms. The highest BCUT2D eigenvalue weighted by atomic mass is 32.2. The van der Waals surface area contributed by atoms with Gasteiger partial charge in [-0.05, 0) is 74.6 Å². The molecule has 2 fully saturated rings. The summed E-state index contributed by atoms with van der Waals surface area (Å²) >= 11 is 1.82. The van der Waals surface area contributed by atoms with Crippen molar-refractivity contribution in [3.63, 3.8) is 0 Å². The van der Waals surface area contributed by atoms with E-state index in [2.05, 4.69) is 16.7 Å². The third-order valence-electron chi connectivity index (χ3n) is 7.45. The van der Waals surface area contributed by atoms with Gasteiger partial charge in [-0.25, -0.2) is 0 Å². The number of amides is 3. The molecule has 1 unspecified atom stereocenters. The summed E-state index contributed by atoms with van der Waals surface area (Å²) in [6.07, 6.45) is 14.0. The van der Waals surface area contributed by atoms with Crippen molar-refractivity contribution in [3.05, 3.63) is 29.3 Å². The number of benzene rings is 1. The van der Waals surface area contributed by atoms with Crippen LogP contribution in [0.3, 0.4) is 0 Å². The number of hydrogen-bond acceptors (Lipinski definition) is 5. The van der Waals surface area contributed by atoms with Crippen LogP contribution >= 0.6 is 11.8 Å². The monoisotopic (exact) mass is 485 g/mol. The fourth-order valence-electron chi connectivity index (χ4n) is 5.45. The Bertz CT molecular complexity index is 869. The number of carbonyl (C=O) groups is 3. The van der Waals surface area contributed by atoms with Crippen LogP contribution in [0.2, 0.25) is 0 Å². The number of unbranched alkanes of at least 4 members (excludes halogenated alkanes) is 4. The van der Waals surface area contributed by atoms with Crippen molar-refractivity contribution in [2.24, 2.45) is 5.92 Å². The minimum absolute atomic E-state index is 0.0935. The maximum Gasteiger partial charge on any atom is 0.255 e. The fourth-order valence-corrected chi connectivity index (χ4v) is 6.55. The van der Waals surface area contributed by atoms with Crippen LogP contribution in [0.15, 0.2) is 23.1 Å². The smallest absolute Gasteiger partial charge is 0.255 e. The Balaban J connectivity index is 1.12. The summed E-state index contributed by atoms with van der Waals surface area (Å²) in [5.74, 6) is 1.26. The van der Waals surface area contributed by atoms with E-state index in [1.165, 1.54) is 70.8 Å². The molecule has 1 atom stereocenters. The normalized spacial score (nSPS) is 21.1. The second-order valence-corrected chi connectivity index (χ2v) is 11.1. The van der Waals surface area contributed by atoms with E-state index in [0.29, 0.717) is 18.5 Å². The fraction of sp³-hybridized carbons (Fsp3) is 0.667. The van der Waals surface area contributed by atoms with Gasteiger partial charge >= 0.3 is 0 Å². The zero-order valence-corrected chi connectivity index (χ0v) is 21.1. The van der Waals surface area contributed by atoms with Crippen molar-refractivity contribution >= 4 is 29.5 Å². The number of piperidine rings is 1. The maximum absolute atomic E-state index is 12.9. The Labute approximate surface area is 208 Å². The summed E-state index contributed by atoms with van der Waals surface area (Å²) in [5, 5.41) is 6.03. The molecule has 4 rings (SSSR count). The van der Waals surface area contributed by atoms with E-state index in [-0.39, 0.29) is 24.1 Å². The van der Waals surface area contributed by atoms with Gasteiger partial charge in [-0.2, -0.15) is 0 Å². The van der Waals surface area contributed by atoms with E-state index in [9.17, 15) is 14.4 Å². The Kier molecular flexibility index (Phi) is 9.45. The summed E-state index contributed by atoms with van der Waals surface area (Å²) in [6, 6.07) is 5.33. The molecule has 186 valence electrons. The first kappa shape index (κ1) is 25.2. The summed E-state index contributed by atoms with van der Waals surface area (Å²) in [6.45, 7) is 2.82. The molecule has 0 bridgehead atoms. The molecule has 1 saturated heterocycles. The molecule has 3 amide bonds. The second kappa shape index (κ2) is 12.7. The molecule has 2 N–H and O–H groups in total. The van der Waals surface area contributed by atoms with Crippen LogP contribution in [-0.2, 0) is 16.1 Å². The summed E-state index contributed by atoms with van der Waals surface area (Å²) in [4.78, 5) is 39.4. The number of fused-ring (bicyclic) bond motifs is 1. The average molecular weight is 486 g/mol. The van der Waals surface area contributed by atoms with Crippen LogP contribution in [0.4, 0.5) is 0 Å². The average Bonchev–Trinajstić information content (AvgIpc) is 3.18. The SMILES string of the molecule is O=C1CCC(N2Cc3c(SCCCCCCCNCC4CCCCC4)cccc3C2=O)C(=O)N1. The van der Waals surface area contributed by atoms with Gasteiger partial charge in [-0.3, -0.25) is 19.7 Å². The predicted molar refractivity (Wildman–Crippen MR) is 136 cm³/mol. The zero-order chi connectivity index (χ0) is 23.8. The first-order valence-corrected chi connectivity index (χ1v) is 14.2. The number of nitrogens with zero attached hydrogens (tertiary/aromatic N) is 1. The lowest BCUT2D eigenvalue weighted by molar-refractivity contribution is -0.136. The number of carbonyl (C=O) groups excluding carboxylic acids is 3. The molecular formula is C27H39N3O3S. The van der Waals surface area contributed by atoms with Crippen molar-refractivity contribution in [2.45, 2.75) is 94.5 Å². The molecule has 1 aromatic rings. The molecule has 2 heterocycles. The molecule has 3 aliphatic rings. The van der Waals surface area contributed by atoms with Gasteiger partial charge in [0.15, 0.2) is 0 Å². The largest absolute Gasteiger partial charge is 0.322 e. The van der Waals surface area contributed by atoms with E-state index < -0.39 is 6.04 Å². The number of hydrogen-bond donors (Lipinski definition) is 2. The van der Waals surface area contributed by atoms with Crippen molar-refractivity contribution < 1.29 is 14.4 Å². The van der Waals surface area contributed by atoms with Crippen LogP contribution in [0, 0.1) is 5.92 Å². The van der Waals surface area contributed by atoms with Crippen molar-refractivity contribution in [1.29, 1.82) is 0 Å². The van der Waals surface area contributed by atoms with Crippen LogP contribution in [0.25, 0.3) is 0 Å². The van der Waals surface area contributed by atoms with Crippen molar-refractivity contribution in [3.8, 4) is 0 Å². The van der Waals surface area contributed by atoms with Crippen molar-refractivity contribution in [2.75, 3.05) is 18.8 Å². The lowest BCUT2D eigenvalue weighted by atomic mass is 9.89. The molecule has 6 nitrogen and oxygen atoms in total. The minimum Gasteiger partial charge on any atom is -0.322 e. The summed E-state index contributed by atoms with van der Waals surface area (Å²) < 4.78 is 0. The van der Waals surface area contributed by atoms with Gasteiger partial charge in [-0.1, -0.05) is 44.6 Å². The van der Waals surface area contributed by atoms with Crippen LogP contribution in [-0.4, -0.2) is 47.5 Å². The Morgan fingerprint density at radius 1 is 0.971 bits per heavy atom. The zero-order valence-electron chi connectivity index (χ0n) is 20.3. The van der Waals surface area contributed by atoms with E-state index in [1.807, 2.05) is 23.9 Å². The standard InChI is InChI=1S/C27H39N3O3S/c31-25-15-14-23(26(32)29-25)30-19-22-21(27(30)33)12-9-13-24(22)34-17-8-3-1-2-7-16-28-18-20-10-5-4-6-11-20/h9,12-13,20,23,28H,1-8,10-11,14-19H2,(H,29,31,32). The Hall–Kier alpha value is -1.86. The molecule has 2 aliphatic heterocycles. The van der Waals surface area contributed by atoms with Crippen LogP contribution < -0.4 is 10.6 Å². The molecule has 1 saturated carbocycles. The topological polar surface area (TPSA) is 78.5 Å². The molecular weight excluding hydrogens is 446 g/mol. The van der Waals surface area contributed by atoms with E-state index in [0.717, 1.165) is 28.7 Å². The number of rotatable bonds is 12. The van der Waals surface area contributed by atoms with Gasteiger partial charge in [0.2, 0.25) is 11.8 Å².